The second-order valence-corrected chi connectivity index (χ2v) is 40.0. The first kappa shape index (κ1) is 73.4. The average molecular weight is 1480 g/mol. The highest BCUT2D eigenvalue weighted by molar-refractivity contribution is 7.00. The Hall–Kier alpha value is -11.1. The van der Waals surface area contributed by atoms with Crippen LogP contribution >= 0.6 is 0 Å². The Bertz CT molecular complexity index is 6370. The number of rotatable bonds is 8. The fourth-order valence-corrected chi connectivity index (χ4v) is 17.6. The SMILES string of the molecule is CC(C)c1ccc(-c2nc(-c3ccc(C(C)(C)C)cc3)nc(-c3cccc4c5cccc(-c6nc(-c7ccc(C(C)(C)C)cc7)nc(-c7ccc(C(C)(C)C)cc7)n6)c5n(-c5cc6c7c(c5)-n5c8ccc(C(C)(C)C)cc8c8cc(C(C)(C)C)cc(c85)B7c5cc(C(C)(C)C)cc7c8cc(C(C)(C)C)ccc8n-6c57)c34)n2)cc1. The van der Waals surface area contributed by atoms with E-state index in [1.807, 2.05) is 0 Å². The number of hydrogen-bond acceptors (Lipinski definition) is 6. The third kappa shape index (κ3) is 12.2. The lowest BCUT2D eigenvalue weighted by Crippen LogP contribution is -2.59. The molecule has 0 fully saturated rings. The van der Waals surface area contributed by atoms with Crippen molar-refractivity contribution in [1.29, 1.82) is 0 Å². The van der Waals surface area contributed by atoms with Gasteiger partial charge in [-0.25, -0.2) is 29.9 Å². The van der Waals surface area contributed by atoms with Gasteiger partial charge >= 0.3 is 0 Å². The van der Waals surface area contributed by atoms with Gasteiger partial charge in [0.1, 0.15) is 0 Å². The minimum Gasteiger partial charge on any atom is -0.310 e. The van der Waals surface area contributed by atoms with Gasteiger partial charge < -0.3 is 13.7 Å². The molecule has 0 N–H and O–H groups in total. The van der Waals surface area contributed by atoms with Crippen LogP contribution in [-0.2, 0) is 37.9 Å². The molecule has 5 aromatic heterocycles. The van der Waals surface area contributed by atoms with E-state index in [9.17, 15) is 0 Å². The van der Waals surface area contributed by atoms with Gasteiger partial charge in [0.25, 0.3) is 6.71 Å². The van der Waals surface area contributed by atoms with Crippen molar-refractivity contribution in [2.75, 3.05) is 0 Å². The summed E-state index contributed by atoms with van der Waals surface area (Å²) in [5, 5.41) is 7.10. The lowest BCUT2D eigenvalue weighted by atomic mass is 9.34. The van der Waals surface area contributed by atoms with Gasteiger partial charge in [-0.2, -0.15) is 0 Å². The zero-order chi connectivity index (χ0) is 79.6. The van der Waals surface area contributed by atoms with E-state index < -0.39 is 0 Å². The van der Waals surface area contributed by atoms with E-state index in [2.05, 4.69) is 379 Å². The van der Waals surface area contributed by atoms with Crippen LogP contribution in [-0.4, -0.2) is 50.3 Å². The van der Waals surface area contributed by atoms with Crippen molar-refractivity contribution in [2.45, 2.75) is 203 Å². The first-order valence-corrected chi connectivity index (χ1v) is 40.7. The van der Waals surface area contributed by atoms with E-state index in [1.165, 1.54) is 105 Å². The van der Waals surface area contributed by atoms with Crippen LogP contribution in [0, 0.1) is 0 Å². The van der Waals surface area contributed by atoms with Crippen LogP contribution in [0.4, 0.5) is 0 Å². The maximum absolute atomic E-state index is 5.71. The zero-order valence-corrected chi connectivity index (χ0v) is 70.3. The van der Waals surface area contributed by atoms with Crippen molar-refractivity contribution in [3.63, 3.8) is 0 Å². The molecule has 0 bridgehead atoms. The van der Waals surface area contributed by atoms with Crippen LogP contribution in [0.3, 0.4) is 0 Å². The molecule has 10 heteroatoms. The summed E-state index contributed by atoms with van der Waals surface area (Å²) >= 11 is 0. The topological polar surface area (TPSA) is 92.1 Å². The predicted molar refractivity (Wildman–Crippen MR) is 478 cm³/mol. The van der Waals surface area contributed by atoms with Crippen molar-refractivity contribution in [2.24, 2.45) is 0 Å². The lowest BCUT2D eigenvalue weighted by molar-refractivity contribution is 0.590. The van der Waals surface area contributed by atoms with E-state index in [4.69, 9.17) is 29.9 Å². The molecule has 18 rings (SSSR count). The molecule has 0 saturated heterocycles. The van der Waals surface area contributed by atoms with Gasteiger partial charge in [-0.1, -0.05) is 305 Å². The van der Waals surface area contributed by atoms with Gasteiger partial charge in [-0.3, -0.25) is 0 Å². The first-order valence-electron chi connectivity index (χ1n) is 40.7. The van der Waals surface area contributed by atoms with Gasteiger partial charge in [0.15, 0.2) is 34.9 Å². The summed E-state index contributed by atoms with van der Waals surface area (Å²) in [5.74, 6) is 3.84. The number of fused-ring (bicyclic) bond motifs is 13. The molecule has 113 heavy (non-hydrogen) atoms. The Balaban J connectivity index is 1.02. The van der Waals surface area contributed by atoms with Crippen molar-refractivity contribution in [1.82, 2.24) is 43.6 Å². The standard InChI is InChI=1S/C103H104BN9/c1-58(2)59-30-32-60(33-31-59)91-105-92(61-34-40-64(41-35-61)97(3,4)5)108-95(107-91)74-28-24-26-72-73-27-25-29-75(96-109-93(62-36-42-65(43-37-62)98(6,7)8)106-94(110-96)63-38-44-66(45-39-63)99(9,10)11)88(73)111(87(72)74)71-56-84-86-85(57-71)113-83-49-47-68(101(15,16)17)51-77(83)79-53-70(103(21,22)23)55-81(90(79)113)104(86)80-54-69(102(18,19)20)52-78-76-50-67(100(12,13)14)46-48-82(76)112(84)89(78)80/h24-58H,1-23H3. The van der Waals surface area contributed by atoms with Crippen LogP contribution in [0.5, 0.6) is 0 Å². The molecule has 0 atom stereocenters. The monoisotopic (exact) mass is 1480 g/mol. The summed E-state index contributed by atoms with van der Waals surface area (Å²) in [7, 11) is 0. The Morgan fingerprint density at radius 2 is 0.566 bits per heavy atom. The van der Waals surface area contributed by atoms with Crippen LogP contribution in [0.2, 0.25) is 0 Å². The van der Waals surface area contributed by atoms with Gasteiger partial charge in [0.2, 0.25) is 0 Å². The van der Waals surface area contributed by atoms with Crippen LogP contribution in [0.15, 0.2) is 206 Å². The molecule has 0 amide bonds. The third-order valence-corrected chi connectivity index (χ3v) is 24.4. The molecular weight excluding hydrogens is 1370 g/mol. The number of para-hydroxylation sites is 2. The van der Waals surface area contributed by atoms with Crippen molar-refractivity contribution in [3.05, 3.63) is 251 Å². The summed E-state index contributed by atoms with van der Waals surface area (Å²) < 4.78 is 7.86. The minimum atomic E-state index is -0.168. The largest absolute Gasteiger partial charge is 0.310 e. The van der Waals surface area contributed by atoms with Crippen molar-refractivity contribution >= 4 is 88.5 Å². The fourth-order valence-electron chi connectivity index (χ4n) is 17.6. The summed E-state index contributed by atoms with van der Waals surface area (Å²) in [5.41, 5.74) is 28.7. The molecule has 0 unspecified atom stereocenters. The summed E-state index contributed by atoms with van der Waals surface area (Å²) in [4.78, 5) is 33.7. The minimum absolute atomic E-state index is 0.0607. The highest BCUT2D eigenvalue weighted by atomic mass is 15.1. The molecule has 9 nitrogen and oxygen atoms in total. The molecule has 0 radical (unpaired) electrons. The maximum atomic E-state index is 5.71. The molecule has 0 spiro atoms. The summed E-state index contributed by atoms with van der Waals surface area (Å²) in [6, 6.07) is 78.5. The normalized spacial score (nSPS) is 13.5. The van der Waals surface area contributed by atoms with Crippen LogP contribution < -0.4 is 16.4 Å². The lowest BCUT2D eigenvalue weighted by Gasteiger charge is -2.36. The predicted octanol–water partition coefficient (Wildman–Crippen LogP) is 24.7. The van der Waals surface area contributed by atoms with Gasteiger partial charge in [-0.05, 0) is 165 Å². The third-order valence-electron chi connectivity index (χ3n) is 24.4. The molecule has 7 heterocycles. The molecule has 0 aliphatic carbocycles. The van der Waals surface area contributed by atoms with Gasteiger partial charge in [-0.15, -0.1) is 0 Å². The Labute approximate surface area is 667 Å². The van der Waals surface area contributed by atoms with Gasteiger partial charge in [0, 0.05) is 88.1 Å². The second-order valence-electron chi connectivity index (χ2n) is 40.0. The summed E-state index contributed by atoms with van der Waals surface area (Å²) in [6.45, 7) is 53.0. The van der Waals surface area contributed by atoms with Crippen LogP contribution in [0.25, 0.3) is 151 Å². The molecule has 2 aliphatic rings. The molecule has 16 aromatic rings. The van der Waals surface area contributed by atoms with E-state index in [0.29, 0.717) is 40.9 Å². The average Bonchev–Trinajstić information content (AvgIpc) is 1.54. The van der Waals surface area contributed by atoms with Crippen LogP contribution in [0.1, 0.15) is 210 Å². The van der Waals surface area contributed by atoms with E-state index >= 15 is 0 Å². The molecule has 11 aromatic carbocycles. The van der Waals surface area contributed by atoms with Crippen molar-refractivity contribution in [3.8, 4) is 85.4 Å². The second kappa shape index (κ2) is 25.2. The zero-order valence-electron chi connectivity index (χ0n) is 70.3. The number of benzene rings is 11. The number of aromatic nitrogens is 9. The van der Waals surface area contributed by atoms with Gasteiger partial charge in [0.05, 0.1) is 27.8 Å². The first-order chi connectivity index (χ1) is 53.2. The maximum Gasteiger partial charge on any atom is 0.252 e. The quantitative estimate of drug-likeness (QED) is 0.141. The highest BCUT2D eigenvalue weighted by Crippen LogP contribution is 2.48. The van der Waals surface area contributed by atoms with E-state index in [0.717, 1.165) is 72.2 Å². The highest BCUT2D eigenvalue weighted by Gasteiger charge is 2.44. The van der Waals surface area contributed by atoms with Crippen molar-refractivity contribution < 1.29 is 0 Å². The molecule has 0 saturated carbocycles. The fraction of sp³-hybridized carbons (Fsp3) is 0.301. The molecule has 2 aliphatic heterocycles. The Morgan fingerprint density at radius 3 is 0.885 bits per heavy atom. The van der Waals surface area contributed by atoms with E-state index in [-0.39, 0.29) is 44.6 Å². The smallest absolute Gasteiger partial charge is 0.252 e. The number of nitrogens with zero attached hydrogens (tertiary/aromatic N) is 9. The molecular formula is C103H104BN9. The Kier molecular flexibility index (Phi) is 16.4. The Morgan fingerprint density at radius 1 is 0.265 bits per heavy atom. The summed E-state index contributed by atoms with van der Waals surface area (Å²) in [6.07, 6.45) is 0. The molecule has 564 valence electrons. The number of hydrogen-bond donors (Lipinski definition) is 0. The van der Waals surface area contributed by atoms with E-state index in [1.54, 1.807) is 0 Å².